The topological polar surface area (TPSA) is 37.4 Å². The molecule has 17 heavy (non-hydrogen) atoms. The van der Waals surface area contributed by atoms with Crippen LogP contribution in [-0.4, -0.2) is 25.4 Å². The van der Waals surface area contributed by atoms with Crippen LogP contribution in [0.15, 0.2) is 24.3 Å². The first-order chi connectivity index (χ1) is 7.83. The Labute approximate surface area is 95.8 Å². The first-order valence-electron chi connectivity index (χ1n) is 4.71. The Morgan fingerprint density at radius 3 is 2.24 bits per heavy atom. The van der Waals surface area contributed by atoms with Crippen molar-refractivity contribution >= 4 is 17.9 Å². The fourth-order valence-electron chi connectivity index (χ4n) is 1.23. The highest BCUT2D eigenvalue weighted by Crippen LogP contribution is 2.23. The molecule has 0 aromatic heterocycles. The van der Waals surface area contributed by atoms with Gasteiger partial charge in [0.2, 0.25) is 6.41 Å². The van der Waals surface area contributed by atoms with Crippen molar-refractivity contribution < 1.29 is 22.8 Å². The molecular formula is C11H10F3NO2. The zero-order valence-electron chi connectivity index (χ0n) is 8.99. The first kappa shape index (κ1) is 13.2. The summed E-state index contributed by atoms with van der Waals surface area (Å²) in [6, 6.07) is 5.36. The van der Waals surface area contributed by atoms with Crippen LogP contribution in [0.5, 0.6) is 0 Å². The smallest absolute Gasteiger partial charge is 0.318 e. The van der Waals surface area contributed by atoms with E-state index in [4.69, 9.17) is 0 Å². The summed E-state index contributed by atoms with van der Waals surface area (Å²) in [5.41, 5.74) is 0.480. The molecule has 1 aromatic rings. The van der Waals surface area contributed by atoms with E-state index in [-0.39, 0.29) is 5.56 Å². The molecule has 6 heteroatoms. The van der Waals surface area contributed by atoms with Crippen LogP contribution in [0.4, 0.5) is 18.9 Å². The van der Waals surface area contributed by atoms with Crippen LogP contribution in [0.2, 0.25) is 0 Å². The van der Waals surface area contributed by atoms with Crippen LogP contribution >= 0.6 is 0 Å². The standard InChI is InChI=1S/C11H10F3NO2/c1-15(7-16)9-4-2-8(3-5-9)10(17)6-11(12,13)14/h2-5,7H,6H2,1H3. The molecule has 0 radical (unpaired) electrons. The van der Waals surface area contributed by atoms with Crippen LogP contribution in [0.3, 0.4) is 0 Å². The van der Waals surface area contributed by atoms with Crippen LogP contribution < -0.4 is 4.90 Å². The molecular weight excluding hydrogens is 235 g/mol. The molecule has 0 fully saturated rings. The Morgan fingerprint density at radius 2 is 1.82 bits per heavy atom. The van der Waals surface area contributed by atoms with E-state index in [0.29, 0.717) is 12.1 Å². The fourth-order valence-corrected chi connectivity index (χ4v) is 1.23. The van der Waals surface area contributed by atoms with E-state index in [9.17, 15) is 22.8 Å². The van der Waals surface area contributed by atoms with Gasteiger partial charge in [-0.1, -0.05) is 0 Å². The number of carbonyl (C=O) groups is 2. The molecule has 0 saturated heterocycles. The number of ketones is 1. The second kappa shape index (κ2) is 4.99. The third kappa shape index (κ3) is 3.90. The highest BCUT2D eigenvalue weighted by molar-refractivity contribution is 5.97. The van der Waals surface area contributed by atoms with E-state index in [1.54, 1.807) is 0 Å². The minimum atomic E-state index is -4.50. The zero-order valence-corrected chi connectivity index (χ0v) is 8.99. The summed E-state index contributed by atoms with van der Waals surface area (Å²) in [4.78, 5) is 22.9. The van der Waals surface area contributed by atoms with E-state index < -0.39 is 18.4 Å². The number of amides is 1. The van der Waals surface area contributed by atoms with Gasteiger partial charge in [-0.05, 0) is 24.3 Å². The predicted molar refractivity (Wildman–Crippen MR) is 55.9 cm³/mol. The van der Waals surface area contributed by atoms with E-state index >= 15 is 0 Å². The Bertz CT molecular complexity index is 412. The van der Waals surface area contributed by atoms with Gasteiger partial charge in [0.15, 0.2) is 5.78 Å². The highest BCUT2D eigenvalue weighted by Gasteiger charge is 2.31. The molecule has 0 aliphatic carbocycles. The molecule has 1 aromatic carbocycles. The molecule has 0 saturated carbocycles. The lowest BCUT2D eigenvalue weighted by Gasteiger charge is -2.11. The summed E-state index contributed by atoms with van der Waals surface area (Å²) < 4.78 is 35.9. The molecule has 3 nitrogen and oxygen atoms in total. The molecule has 0 unspecified atom stereocenters. The molecule has 0 N–H and O–H groups in total. The Hall–Kier alpha value is -1.85. The summed E-state index contributed by atoms with van der Waals surface area (Å²) in [7, 11) is 1.50. The molecule has 0 aliphatic rings. The highest BCUT2D eigenvalue weighted by atomic mass is 19.4. The molecule has 1 rings (SSSR count). The quantitative estimate of drug-likeness (QED) is 0.603. The van der Waals surface area contributed by atoms with Gasteiger partial charge in [-0.3, -0.25) is 9.59 Å². The summed E-state index contributed by atoms with van der Waals surface area (Å²) in [6.07, 6.45) is -5.42. The fraction of sp³-hybridized carbons (Fsp3) is 0.273. The minimum absolute atomic E-state index is 0.0228. The average molecular weight is 245 g/mol. The maximum Gasteiger partial charge on any atom is 0.396 e. The molecule has 92 valence electrons. The normalized spacial score (nSPS) is 11.1. The van der Waals surface area contributed by atoms with Crippen molar-refractivity contribution in [1.29, 1.82) is 0 Å². The van der Waals surface area contributed by atoms with Gasteiger partial charge >= 0.3 is 6.18 Å². The van der Waals surface area contributed by atoms with Crippen molar-refractivity contribution in [2.75, 3.05) is 11.9 Å². The van der Waals surface area contributed by atoms with Gasteiger partial charge < -0.3 is 4.90 Å². The number of halogens is 3. The SMILES string of the molecule is CN(C=O)c1ccc(C(=O)CC(F)(F)F)cc1. The zero-order chi connectivity index (χ0) is 13.1. The largest absolute Gasteiger partial charge is 0.396 e. The van der Waals surface area contributed by atoms with Crippen molar-refractivity contribution in [3.8, 4) is 0 Å². The number of Topliss-reactive ketones (excluding diaryl/α,β-unsaturated/α-hetero) is 1. The number of carbonyl (C=O) groups excluding carboxylic acids is 2. The third-order valence-electron chi connectivity index (χ3n) is 2.12. The van der Waals surface area contributed by atoms with Gasteiger partial charge in [0.05, 0.1) is 0 Å². The van der Waals surface area contributed by atoms with Crippen molar-refractivity contribution in [3.05, 3.63) is 29.8 Å². The maximum absolute atomic E-state index is 12.0. The molecule has 0 atom stereocenters. The first-order valence-corrected chi connectivity index (χ1v) is 4.71. The predicted octanol–water partition coefficient (Wildman–Crippen LogP) is 2.41. The van der Waals surface area contributed by atoms with Crippen LogP contribution in [-0.2, 0) is 4.79 Å². The third-order valence-corrected chi connectivity index (χ3v) is 2.12. The Kier molecular flexibility index (Phi) is 3.88. The van der Waals surface area contributed by atoms with Gasteiger partial charge in [-0.25, -0.2) is 0 Å². The van der Waals surface area contributed by atoms with Crippen molar-refractivity contribution in [3.63, 3.8) is 0 Å². The van der Waals surface area contributed by atoms with Crippen molar-refractivity contribution in [2.24, 2.45) is 0 Å². The molecule has 1 amide bonds. The number of hydrogen-bond acceptors (Lipinski definition) is 2. The summed E-state index contributed by atoms with van der Waals surface area (Å²) in [6.45, 7) is 0. The lowest BCUT2D eigenvalue weighted by atomic mass is 10.1. The number of rotatable bonds is 4. The minimum Gasteiger partial charge on any atom is -0.318 e. The number of nitrogens with zero attached hydrogens (tertiary/aromatic N) is 1. The number of hydrogen-bond donors (Lipinski definition) is 0. The average Bonchev–Trinajstić information content (AvgIpc) is 2.26. The van der Waals surface area contributed by atoms with Crippen LogP contribution in [0.1, 0.15) is 16.8 Å². The van der Waals surface area contributed by atoms with Gasteiger partial charge in [0.1, 0.15) is 6.42 Å². The van der Waals surface area contributed by atoms with E-state index in [1.165, 1.54) is 36.2 Å². The van der Waals surface area contributed by atoms with Gasteiger partial charge in [0, 0.05) is 18.3 Å². The van der Waals surface area contributed by atoms with Crippen molar-refractivity contribution in [2.45, 2.75) is 12.6 Å². The monoisotopic (exact) mass is 245 g/mol. The Balaban J connectivity index is 2.81. The maximum atomic E-state index is 12.0. The van der Waals surface area contributed by atoms with Gasteiger partial charge in [-0.15, -0.1) is 0 Å². The van der Waals surface area contributed by atoms with Crippen LogP contribution in [0, 0.1) is 0 Å². The lowest BCUT2D eigenvalue weighted by molar-refractivity contribution is -0.125. The van der Waals surface area contributed by atoms with Crippen LogP contribution in [0.25, 0.3) is 0 Å². The molecule has 0 spiro atoms. The number of alkyl halides is 3. The number of benzene rings is 1. The second-order valence-corrected chi connectivity index (χ2v) is 3.48. The summed E-state index contributed by atoms with van der Waals surface area (Å²) in [5.74, 6) is -0.988. The summed E-state index contributed by atoms with van der Waals surface area (Å²) >= 11 is 0. The summed E-state index contributed by atoms with van der Waals surface area (Å²) in [5, 5.41) is 0. The van der Waals surface area contributed by atoms with Crippen molar-refractivity contribution in [1.82, 2.24) is 0 Å². The number of anilines is 1. The van der Waals surface area contributed by atoms with E-state index in [1.807, 2.05) is 0 Å². The second-order valence-electron chi connectivity index (χ2n) is 3.48. The van der Waals surface area contributed by atoms with E-state index in [0.717, 1.165) is 0 Å². The van der Waals surface area contributed by atoms with Gasteiger partial charge in [0.25, 0.3) is 0 Å². The van der Waals surface area contributed by atoms with E-state index in [2.05, 4.69) is 0 Å². The molecule has 0 heterocycles. The Morgan fingerprint density at radius 1 is 1.29 bits per heavy atom. The lowest BCUT2D eigenvalue weighted by Crippen LogP contribution is -2.16. The molecule has 0 aliphatic heterocycles. The van der Waals surface area contributed by atoms with Gasteiger partial charge in [-0.2, -0.15) is 13.2 Å². The molecule has 0 bridgehead atoms.